The first kappa shape index (κ1) is 27.0. The number of benzene rings is 2. The Morgan fingerprint density at radius 2 is 1.84 bits per heavy atom. The lowest BCUT2D eigenvalue weighted by Gasteiger charge is -2.44. The lowest BCUT2D eigenvalue weighted by atomic mass is 9.89. The number of hydrazine groups is 1. The molecule has 2 aromatic rings. The summed E-state index contributed by atoms with van der Waals surface area (Å²) in [5.41, 5.74) is 3.82. The van der Waals surface area contributed by atoms with Crippen LogP contribution in [-0.2, 0) is 5.54 Å². The molecule has 1 unspecified atom stereocenters. The van der Waals surface area contributed by atoms with Crippen molar-refractivity contribution in [3.63, 3.8) is 0 Å². The number of nitrogens with one attached hydrogen (secondary N) is 1. The molecular weight excluding hydrogens is 536 g/mol. The molecule has 2 aliphatic carbocycles. The third-order valence-electron chi connectivity index (χ3n) is 7.36. The van der Waals surface area contributed by atoms with E-state index in [1.54, 1.807) is 12.1 Å². The molecule has 3 aliphatic rings. The normalized spacial score (nSPS) is 20.8. The van der Waals surface area contributed by atoms with Crippen LogP contribution in [0, 0.1) is 5.82 Å². The molecule has 6 nitrogen and oxygen atoms in total. The highest BCUT2D eigenvalue weighted by molar-refractivity contribution is 7.97. The topological polar surface area (TPSA) is 65.0 Å². The SMILES string of the molecule is CC(C)(c1cc(Cl)cc(Cl)c1)N1CCCC(Oc2cc(F)c(C(=O)NN(O)SC3CC3)cc2C2CC2)C1. The zero-order valence-electron chi connectivity index (χ0n) is 21.0. The minimum absolute atomic E-state index is 0.0889. The molecule has 2 aromatic carbocycles. The van der Waals surface area contributed by atoms with Crippen molar-refractivity contribution in [3.8, 4) is 5.75 Å². The van der Waals surface area contributed by atoms with Crippen LogP contribution in [0.3, 0.4) is 0 Å². The van der Waals surface area contributed by atoms with Crippen molar-refractivity contribution in [2.75, 3.05) is 13.1 Å². The van der Waals surface area contributed by atoms with Crippen LogP contribution in [0.4, 0.5) is 4.39 Å². The maximum atomic E-state index is 15.1. The molecule has 2 saturated carbocycles. The summed E-state index contributed by atoms with van der Waals surface area (Å²) in [6.07, 6.45) is 5.61. The number of likely N-dealkylation sites (tertiary alicyclic amines) is 1. The van der Waals surface area contributed by atoms with E-state index in [1.807, 2.05) is 12.1 Å². The maximum absolute atomic E-state index is 15.1. The summed E-state index contributed by atoms with van der Waals surface area (Å²) < 4.78 is 22.2. The highest BCUT2D eigenvalue weighted by Gasteiger charge is 2.36. The van der Waals surface area contributed by atoms with Crippen molar-refractivity contribution in [1.29, 1.82) is 0 Å². The number of carbonyl (C=O) groups is 1. The van der Waals surface area contributed by atoms with Gasteiger partial charge in [0.15, 0.2) is 0 Å². The average Bonchev–Trinajstić information content (AvgIpc) is 3.74. The predicted molar refractivity (Wildman–Crippen MR) is 145 cm³/mol. The van der Waals surface area contributed by atoms with E-state index in [-0.39, 0.29) is 23.1 Å². The van der Waals surface area contributed by atoms with Gasteiger partial charge in [0, 0.05) is 33.4 Å². The van der Waals surface area contributed by atoms with Crippen molar-refractivity contribution >= 4 is 41.1 Å². The smallest absolute Gasteiger partial charge is 0.271 e. The molecule has 5 rings (SSSR count). The van der Waals surface area contributed by atoms with Gasteiger partial charge in [-0.05, 0) is 117 Å². The van der Waals surface area contributed by atoms with Crippen LogP contribution in [0.1, 0.15) is 79.8 Å². The van der Waals surface area contributed by atoms with Gasteiger partial charge in [0.1, 0.15) is 17.7 Å². The number of ether oxygens (including phenoxy) is 1. The molecule has 1 atom stereocenters. The Kier molecular flexibility index (Phi) is 7.97. The molecule has 2 N–H and O–H groups in total. The first-order valence-corrected chi connectivity index (χ1v) is 14.4. The molecule has 0 spiro atoms. The molecular formula is C27H32Cl2FN3O3S. The summed E-state index contributed by atoms with van der Waals surface area (Å²) in [6, 6.07) is 8.54. The first-order chi connectivity index (χ1) is 17.6. The van der Waals surface area contributed by atoms with Gasteiger partial charge in [0.05, 0.1) is 5.56 Å². The molecule has 37 heavy (non-hydrogen) atoms. The van der Waals surface area contributed by atoms with Gasteiger partial charge in [-0.25, -0.2) is 4.39 Å². The van der Waals surface area contributed by atoms with E-state index in [2.05, 4.69) is 24.2 Å². The molecule has 0 aromatic heterocycles. The molecule has 1 aliphatic heterocycles. The molecule has 1 amide bonds. The van der Waals surface area contributed by atoms with E-state index in [9.17, 15) is 10.0 Å². The van der Waals surface area contributed by atoms with Gasteiger partial charge in [-0.15, -0.1) is 0 Å². The van der Waals surface area contributed by atoms with Gasteiger partial charge in [0.25, 0.3) is 5.91 Å². The van der Waals surface area contributed by atoms with E-state index in [0.29, 0.717) is 32.2 Å². The molecule has 0 bridgehead atoms. The summed E-state index contributed by atoms with van der Waals surface area (Å²) >= 11 is 13.7. The highest BCUT2D eigenvalue weighted by atomic mass is 35.5. The Morgan fingerprint density at radius 3 is 2.49 bits per heavy atom. The molecule has 1 saturated heterocycles. The van der Waals surface area contributed by atoms with E-state index in [4.69, 9.17) is 27.9 Å². The van der Waals surface area contributed by atoms with Crippen molar-refractivity contribution < 1.29 is 19.1 Å². The monoisotopic (exact) mass is 567 g/mol. The fourth-order valence-corrected chi connectivity index (χ4v) is 6.15. The van der Waals surface area contributed by atoms with Gasteiger partial charge >= 0.3 is 0 Å². The first-order valence-electron chi connectivity index (χ1n) is 12.8. The summed E-state index contributed by atoms with van der Waals surface area (Å²) in [7, 11) is 0. The van der Waals surface area contributed by atoms with Gasteiger partial charge in [0.2, 0.25) is 0 Å². The average molecular weight is 569 g/mol. The summed E-state index contributed by atoms with van der Waals surface area (Å²) in [6.45, 7) is 5.86. The number of nitrogens with zero attached hydrogens (tertiary/aromatic N) is 2. The third kappa shape index (κ3) is 6.54. The number of hydrogen-bond acceptors (Lipinski definition) is 6. The summed E-state index contributed by atoms with van der Waals surface area (Å²) in [5.74, 6) is -0.589. The van der Waals surface area contributed by atoms with Crippen LogP contribution in [0.25, 0.3) is 0 Å². The quantitative estimate of drug-likeness (QED) is 0.253. The van der Waals surface area contributed by atoms with E-state index in [0.717, 1.165) is 68.1 Å². The molecule has 10 heteroatoms. The fourth-order valence-electron chi connectivity index (χ4n) is 4.86. The highest BCUT2D eigenvalue weighted by Crippen LogP contribution is 2.46. The third-order valence-corrected chi connectivity index (χ3v) is 8.86. The van der Waals surface area contributed by atoms with Gasteiger partial charge in [-0.3, -0.25) is 20.3 Å². The Morgan fingerprint density at radius 1 is 1.14 bits per heavy atom. The Hall–Kier alpha value is -1.55. The molecule has 200 valence electrons. The number of hydrogen-bond donors (Lipinski definition) is 2. The van der Waals surface area contributed by atoms with Crippen LogP contribution in [0.15, 0.2) is 30.3 Å². The maximum Gasteiger partial charge on any atom is 0.271 e. The van der Waals surface area contributed by atoms with Crippen molar-refractivity contribution in [1.82, 2.24) is 14.9 Å². The van der Waals surface area contributed by atoms with Crippen molar-refractivity contribution in [3.05, 3.63) is 62.9 Å². The Bertz CT molecular complexity index is 1160. The van der Waals surface area contributed by atoms with Crippen molar-refractivity contribution in [2.45, 2.75) is 75.2 Å². The van der Waals surface area contributed by atoms with E-state index < -0.39 is 11.7 Å². The van der Waals surface area contributed by atoms with Crippen LogP contribution in [0.5, 0.6) is 5.75 Å². The van der Waals surface area contributed by atoms with E-state index in [1.165, 1.54) is 6.07 Å². The van der Waals surface area contributed by atoms with Crippen LogP contribution in [0.2, 0.25) is 10.0 Å². The second-order valence-corrected chi connectivity index (χ2v) is 12.8. The standard InChI is InChI=1S/C27H32Cl2FN3O3S/c1-27(2,17-10-18(28)12-19(29)11-17)32-9-3-4-20(15-32)36-25-14-24(30)23(13-22(25)16-5-6-16)26(34)31-33(35)37-21-7-8-21/h10-14,16,20-21,35H,3-9,15H2,1-2H3,(H,31,34). The molecule has 1 heterocycles. The van der Waals surface area contributed by atoms with Gasteiger partial charge < -0.3 is 4.74 Å². The number of carbonyl (C=O) groups excluding carboxylic acids is 1. The zero-order valence-corrected chi connectivity index (χ0v) is 23.3. The number of halogens is 3. The molecule has 0 radical (unpaired) electrons. The zero-order chi connectivity index (χ0) is 26.3. The lowest BCUT2D eigenvalue weighted by molar-refractivity contribution is -0.0248. The van der Waals surface area contributed by atoms with Crippen molar-refractivity contribution in [2.24, 2.45) is 0 Å². The number of rotatable bonds is 9. The Labute approximate surface area is 231 Å². The van der Waals surface area contributed by atoms with Gasteiger partial charge in [-0.2, -0.15) is 0 Å². The lowest BCUT2D eigenvalue weighted by Crippen LogP contribution is -2.50. The minimum Gasteiger partial charge on any atom is -0.489 e. The minimum atomic E-state index is -0.674. The van der Waals surface area contributed by atoms with Gasteiger partial charge in [-0.1, -0.05) is 23.2 Å². The van der Waals surface area contributed by atoms with E-state index >= 15 is 4.39 Å². The predicted octanol–water partition coefficient (Wildman–Crippen LogP) is 6.94. The second kappa shape index (κ2) is 10.9. The second-order valence-electron chi connectivity index (χ2n) is 10.7. The summed E-state index contributed by atoms with van der Waals surface area (Å²) in [5, 5.41) is 11.4. The van der Waals surface area contributed by atoms with Crippen LogP contribution in [-0.4, -0.2) is 45.0 Å². The molecule has 3 fully saturated rings. The summed E-state index contributed by atoms with van der Waals surface area (Å²) in [4.78, 5) is 15.0. The number of amides is 1. The Balaban J connectivity index is 1.31. The van der Waals surface area contributed by atoms with Crippen LogP contribution < -0.4 is 10.2 Å². The van der Waals surface area contributed by atoms with Crippen LogP contribution >= 0.6 is 35.1 Å². The largest absolute Gasteiger partial charge is 0.489 e. The number of piperidine rings is 1. The fraction of sp³-hybridized carbons (Fsp3) is 0.519.